The van der Waals surface area contributed by atoms with Crippen LogP contribution in [-0.4, -0.2) is 12.5 Å². The molecule has 0 spiro atoms. The highest BCUT2D eigenvalue weighted by Crippen LogP contribution is 2.35. The lowest BCUT2D eigenvalue weighted by Gasteiger charge is -2.16. The van der Waals surface area contributed by atoms with Crippen molar-refractivity contribution >= 4 is 28.5 Å². The Bertz CT molecular complexity index is 704. The second-order valence-electron chi connectivity index (χ2n) is 4.91. The zero-order chi connectivity index (χ0) is 16.8. The zero-order valence-electron chi connectivity index (χ0n) is 13.1. The van der Waals surface area contributed by atoms with Gasteiger partial charge in [-0.15, -0.1) is 0 Å². The molecule has 2 aromatic carbocycles. The molecule has 2 rings (SSSR count). The fraction of sp³-hybridized carbons (Fsp3) is 0.235. The lowest BCUT2D eigenvalue weighted by molar-refractivity contribution is 0.0953. The fourth-order valence-electron chi connectivity index (χ4n) is 2.11. The summed E-state index contributed by atoms with van der Waals surface area (Å²) in [5.74, 6) is 5.99. The van der Waals surface area contributed by atoms with E-state index in [9.17, 15) is 4.79 Å². The SMILES string of the molecule is CCOc1cc(C(=O)NN)cc(I)c1OCc1ccccc1C. The summed E-state index contributed by atoms with van der Waals surface area (Å²) in [6, 6.07) is 11.4. The second kappa shape index (κ2) is 8.16. The lowest BCUT2D eigenvalue weighted by Crippen LogP contribution is -2.30. The summed E-state index contributed by atoms with van der Waals surface area (Å²) in [4.78, 5) is 11.7. The number of hydrogen-bond acceptors (Lipinski definition) is 4. The van der Waals surface area contributed by atoms with Gasteiger partial charge >= 0.3 is 0 Å². The van der Waals surface area contributed by atoms with E-state index in [2.05, 4.69) is 28.0 Å². The molecule has 0 saturated carbocycles. The Labute approximate surface area is 149 Å². The van der Waals surface area contributed by atoms with Gasteiger partial charge in [-0.2, -0.15) is 0 Å². The maximum Gasteiger partial charge on any atom is 0.265 e. The van der Waals surface area contributed by atoms with Crippen LogP contribution in [0.3, 0.4) is 0 Å². The van der Waals surface area contributed by atoms with E-state index in [-0.39, 0.29) is 5.91 Å². The molecule has 6 heteroatoms. The minimum absolute atomic E-state index is 0.366. The van der Waals surface area contributed by atoms with Crippen molar-refractivity contribution in [3.8, 4) is 11.5 Å². The molecule has 0 bridgehead atoms. The lowest BCUT2D eigenvalue weighted by atomic mass is 10.1. The molecule has 3 N–H and O–H groups in total. The van der Waals surface area contributed by atoms with Gasteiger partial charge in [-0.05, 0) is 59.7 Å². The summed E-state index contributed by atoms with van der Waals surface area (Å²) < 4.78 is 12.4. The third kappa shape index (κ3) is 4.35. The summed E-state index contributed by atoms with van der Waals surface area (Å²) >= 11 is 2.13. The quantitative estimate of drug-likeness (QED) is 0.322. The van der Waals surface area contributed by atoms with Gasteiger partial charge in [-0.3, -0.25) is 10.2 Å². The number of halogens is 1. The standard InChI is InChI=1S/C17H19IN2O3/c1-3-22-15-9-13(17(21)20-19)8-14(18)16(15)23-10-12-7-5-4-6-11(12)2/h4-9H,3,10,19H2,1-2H3,(H,20,21). The molecule has 5 nitrogen and oxygen atoms in total. The summed E-state index contributed by atoms with van der Waals surface area (Å²) in [5.41, 5.74) is 4.83. The predicted molar refractivity (Wildman–Crippen MR) is 97.5 cm³/mol. The van der Waals surface area contributed by atoms with Crippen molar-refractivity contribution in [2.24, 2.45) is 5.84 Å². The monoisotopic (exact) mass is 426 g/mol. The molecule has 1 amide bonds. The Kier molecular flexibility index (Phi) is 6.23. The topological polar surface area (TPSA) is 73.6 Å². The van der Waals surface area contributed by atoms with E-state index in [1.807, 2.05) is 38.1 Å². The van der Waals surface area contributed by atoms with Crippen molar-refractivity contribution in [3.05, 3.63) is 56.7 Å². The van der Waals surface area contributed by atoms with Crippen molar-refractivity contribution in [3.63, 3.8) is 0 Å². The van der Waals surface area contributed by atoms with Gasteiger partial charge in [0, 0.05) is 5.56 Å². The van der Waals surface area contributed by atoms with Gasteiger partial charge in [0.05, 0.1) is 10.2 Å². The van der Waals surface area contributed by atoms with Gasteiger partial charge < -0.3 is 9.47 Å². The van der Waals surface area contributed by atoms with E-state index in [0.717, 1.165) is 9.13 Å². The van der Waals surface area contributed by atoms with Crippen molar-refractivity contribution < 1.29 is 14.3 Å². The Morgan fingerprint density at radius 2 is 2.00 bits per heavy atom. The van der Waals surface area contributed by atoms with E-state index >= 15 is 0 Å². The van der Waals surface area contributed by atoms with Gasteiger partial charge in [0.1, 0.15) is 6.61 Å². The van der Waals surface area contributed by atoms with Crippen molar-refractivity contribution in [1.82, 2.24) is 5.43 Å². The number of ether oxygens (including phenoxy) is 2. The highest BCUT2D eigenvalue weighted by atomic mass is 127. The molecule has 0 atom stereocenters. The highest BCUT2D eigenvalue weighted by molar-refractivity contribution is 14.1. The zero-order valence-corrected chi connectivity index (χ0v) is 15.2. The maximum absolute atomic E-state index is 11.7. The highest BCUT2D eigenvalue weighted by Gasteiger charge is 2.16. The third-order valence-corrected chi connectivity index (χ3v) is 4.14. The summed E-state index contributed by atoms with van der Waals surface area (Å²) in [5, 5.41) is 0. The Hall–Kier alpha value is -1.80. The van der Waals surface area contributed by atoms with E-state index in [1.54, 1.807) is 12.1 Å². The van der Waals surface area contributed by atoms with Gasteiger partial charge in [0.25, 0.3) is 5.91 Å². The molecule has 0 radical (unpaired) electrons. The number of aryl methyl sites for hydroxylation is 1. The largest absolute Gasteiger partial charge is 0.490 e. The number of carbonyl (C=O) groups is 1. The minimum Gasteiger partial charge on any atom is -0.490 e. The molecule has 2 aromatic rings. The molecule has 0 aliphatic carbocycles. The predicted octanol–water partition coefficient (Wildman–Crippen LogP) is 3.18. The van der Waals surface area contributed by atoms with Crippen LogP contribution in [0, 0.1) is 10.5 Å². The first-order chi connectivity index (χ1) is 11.1. The Morgan fingerprint density at radius 3 is 2.65 bits per heavy atom. The molecule has 0 heterocycles. The van der Waals surface area contributed by atoms with Crippen LogP contribution in [0.25, 0.3) is 0 Å². The Balaban J connectivity index is 2.29. The van der Waals surface area contributed by atoms with Crippen LogP contribution in [0.4, 0.5) is 0 Å². The van der Waals surface area contributed by atoms with Crippen LogP contribution in [0.1, 0.15) is 28.4 Å². The molecule has 0 aliphatic heterocycles. The van der Waals surface area contributed by atoms with Crippen molar-refractivity contribution in [1.29, 1.82) is 0 Å². The van der Waals surface area contributed by atoms with Crippen LogP contribution >= 0.6 is 22.6 Å². The van der Waals surface area contributed by atoms with Crippen LogP contribution < -0.4 is 20.7 Å². The molecule has 23 heavy (non-hydrogen) atoms. The summed E-state index contributed by atoms with van der Waals surface area (Å²) in [6.45, 7) is 4.84. The summed E-state index contributed by atoms with van der Waals surface area (Å²) in [6.07, 6.45) is 0. The first kappa shape index (κ1) is 17.6. The van der Waals surface area contributed by atoms with E-state index in [4.69, 9.17) is 15.3 Å². The smallest absolute Gasteiger partial charge is 0.265 e. The molecule has 0 aromatic heterocycles. The average molecular weight is 426 g/mol. The first-order valence-electron chi connectivity index (χ1n) is 7.21. The average Bonchev–Trinajstić information content (AvgIpc) is 2.55. The number of hydrogen-bond donors (Lipinski definition) is 2. The van der Waals surface area contributed by atoms with E-state index < -0.39 is 0 Å². The van der Waals surface area contributed by atoms with Gasteiger partial charge in [0.15, 0.2) is 11.5 Å². The normalized spacial score (nSPS) is 10.3. The Morgan fingerprint density at radius 1 is 1.26 bits per heavy atom. The number of carbonyl (C=O) groups excluding carboxylic acids is 1. The van der Waals surface area contributed by atoms with Crippen LogP contribution in [0.15, 0.2) is 36.4 Å². The molecule has 0 unspecified atom stereocenters. The number of rotatable bonds is 6. The van der Waals surface area contributed by atoms with Gasteiger partial charge in [0.2, 0.25) is 0 Å². The molecule has 0 saturated heterocycles. The molecule has 0 fully saturated rings. The number of nitrogens with one attached hydrogen (secondary N) is 1. The summed E-state index contributed by atoms with van der Waals surface area (Å²) in [7, 11) is 0. The van der Waals surface area contributed by atoms with Crippen LogP contribution in [0.2, 0.25) is 0 Å². The van der Waals surface area contributed by atoms with Crippen LogP contribution in [-0.2, 0) is 6.61 Å². The molecular weight excluding hydrogens is 407 g/mol. The van der Waals surface area contributed by atoms with Crippen molar-refractivity contribution in [2.75, 3.05) is 6.61 Å². The number of hydrazine groups is 1. The van der Waals surface area contributed by atoms with Gasteiger partial charge in [-0.1, -0.05) is 24.3 Å². The minimum atomic E-state index is -0.366. The van der Waals surface area contributed by atoms with Gasteiger partial charge in [-0.25, -0.2) is 5.84 Å². The fourth-order valence-corrected chi connectivity index (χ4v) is 2.86. The molecular formula is C17H19IN2O3. The van der Waals surface area contributed by atoms with E-state index in [0.29, 0.717) is 30.3 Å². The maximum atomic E-state index is 11.7. The van der Waals surface area contributed by atoms with E-state index in [1.165, 1.54) is 5.56 Å². The molecule has 0 aliphatic rings. The number of nitrogen functional groups attached to an aromatic ring is 1. The third-order valence-electron chi connectivity index (χ3n) is 3.34. The number of amides is 1. The first-order valence-corrected chi connectivity index (χ1v) is 8.29. The van der Waals surface area contributed by atoms with Crippen LogP contribution in [0.5, 0.6) is 11.5 Å². The molecule has 122 valence electrons. The number of nitrogens with two attached hydrogens (primary N) is 1. The van der Waals surface area contributed by atoms with Crippen molar-refractivity contribution in [2.45, 2.75) is 20.5 Å². The number of benzene rings is 2. The second-order valence-corrected chi connectivity index (χ2v) is 6.07.